The number of benzene rings is 3. The van der Waals surface area contributed by atoms with Gasteiger partial charge in [0.05, 0.1) is 5.92 Å². The number of nitrogens with zero attached hydrogens (tertiary/aromatic N) is 2. The molecule has 3 aromatic carbocycles. The molecule has 1 atom stereocenters. The van der Waals surface area contributed by atoms with Crippen LogP contribution >= 0.6 is 11.6 Å². The van der Waals surface area contributed by atoms with Crippen molar-refractivity contribution >= 4 is 40.9 Å². The molecule has 5 rings (SSSR count). The Morgan fingerprint density at radius 2 is 1.68 bits per heavy atom. The molecule has 1 aliphatic heterocycles. The van der Waals surface area contributed by atoms with Crippen LogP contribution in [0.2, 0.25) is 5.02 Å². The van der Waals surface area contributed by atoms with Crippen molar-refractivity contribution in [2.45, 2.75) is 77.4 Å². The molecule has 44 heavy (non-hydrogen) atoms. The minimum Gasteiger partial charge on any atom is -0.460 e. The van der Waals surface area contributed by atoms with Gasteiger partial charge in [0, 0.05) is 42.5 Å². The van der Waals surface area contributed by atoms with E-state index >= 15 is 0 Å². The first kappa shape index (κ1) is 31.6. The predicted molar refractivity (Wildman–Crippen MR) is 175 cm³/mol. The van der Waals surface area contributed by atoms with E-state index < -0.39 is 5.60 Å². The Hall–Kier alpha value is -3.84. The minimum atomic E-state index is -0.509. The largest absolute Gasteiger partial charge is 0.460 e. The second-order valence-electron chi connectivity index (χ2n) is 12.9. The number of rotatable bonds is 10. The quantitative estimate of drug-likeness (QED) is 0.235. The number of hydrogen-bond donors (Lipinski definition) is 1. The molecule has 1 unspecified atom stereocenters. The van der Waals surface area contributed by atoms with Crippen molar-refractivity contribution < 1.29 is 19.1 Å². The molecule has 1 saturated heterocycles. The van der Waals surface area contributed by atoms with E-state index in [9.17, 15) is 14.4 Å². The van der Waals surface area contributed by atoms with Crippen LogP contribution in [0.5, 0.6) is 0 Å². The number of hydrogen-bond acceptors (Lipinski definition) is 4. The van der Waals surface area contributed by atoms with Crippen molar-refractivity contribution in [1.82, 2.24) is 4.90 Å². The minimum absolute atomic E-state index is 0.0131. The van der Waals surface area contributed by atoms with Gasteiger partial charge < -0.3 is 15.0 Å². The number of amides is 3. The summed E-state index contributed by atoms with van der Waals surface area (Å²) in [5.74, 6) is -0.226. The zero-order valence-electron chi connectivity index (χ0n) is 25.9. The molecule has 1 heterocycles. The molecule has 0 radical (unpaired) electrons. The van der Waals surface area contributed by atoms with E-state index in [-0.39, 0.29) is 36.2 Å². The predicted octanol–water partition coefficient (Wildman–Crippen LogP) is 7.97. The number of halogens is 1. The van der Waals surface area contributed by atoms with Crippen LogP contribution in [0.15, 0.2) is 72.8 Å². The van der Waals surface area contributed by atoms with Crippen LogP contribution in [-0.4, -0.2) is 41.5 Å². The van der Waals surface area contributed by atoms with Crippen LogP contribution in [0.1, 0.15) is 75.5 Å². The van der Waals surface area contributed by atoms with Gasteiger partial charge in [0.2, 0.25) is 5.91 Å². The Morgan fingerprint density at radius 3 is 2.39 bits per heavy atom. The fraction of sp³-hybridized carbons (Fsp3) is 0.417. The standard InChI is InChI=1S/C36H42ClN3O4/c1-36(2,3)44-32(41)19-16-25-8-6-12-30(22-25)38-34(42)33(27-9-4-5-10-27)28-17-14-26(15-18-28)24-39-20-21-40(35(39)43)31-13-7-11-29(37)23-31/h6-8,11-15,17-18,22-23,27,33H,4-5,9-10,16,19-21,24H2,1-3H3,(H,38,42). The number of carbonyl (C=O) groups excluding carboxylic acids is 3. The number of anilines is 2. The maximum atomic E-state index is 13.8. The van der Waals surface area contributed by atoms with E-state index in [1.54, 1.807) is 11.0 Å². The van der Waals surface area contributed by atoms with Gasteiger partial charge in [-0.05, 0) is 93.0 Å². The van der Waals surface area contributed by atoms with E-state index in [2.05, 4.69) is 5.32 Å². The molecule has 0 spiro atoms. The zero-order valence-corrected chi connectivity index (χ0v) is 26.6. The van der Waals surface area contributed by atoms with Crippen molar-refractivity contribution in [1.29, 1.82) is 0 Å². The highest BCUT2D eigenvalue weighted by Gasteiger charge is 2.33. The lowest BCUT2D eigenvalue weighted by Gasteiger charge is -2.24. The highest BCUT2D eigenvalue weighted by molar-refractivity contribution is 6.30. The normalized spacial score (nSPS) is 16.3. The van der Waals surface area contributed by atoms with Gasteiger partial charge in [0.25, 0.3) is 0 Å². The molecule has 2 aliphatic rings. The van der Waals surface area contributed by atoms with Gasteiger partial charge in [-0.2, -0.15) is 0 Å². The molecule has 1 aliphatic carbocycles. The van der Waals surface area contributed by atoms with Gasteiger partial charge in [-0.3, -0.25) is 14.5 Å². The molecular weight excluding hydrogens is 574 g/mol. The SMILES string of the molecule is CC(C)(C)OC(=O)CCc1cccc(NC(=O)C(c2ccc(CN3CCN(c4cccc(Cl)c4)C3=O)cc2)C2CCCC2)c1. The summed E-state index contributed by atoms with van der Waals surface area (Å²) in [4.78, 5) is 42.7. The van der Waals surface area contributed by atoms with Crippen LogP contribution in [0, 0.1) is 5.92 Å². The molecule has 0 bridgehead atoms. The third-order valence-corrected chi connectivity index (χ3v) is 8.55. The number of carbonyl (C=O) groups is 3. The topological polar surface area (TPSA) is 79.0 Å². The van der Waals surface area contributed by atoms with Gasteiger partial charge in [-0.25, -0.2) is 4.79 Å². The van der Waals surface area contributed by atoms with Crippen LogP contribution in [0.3, 0.4) is 0 Å². The number of aryl methyl sites for hydroxylation is 1. The van der Waals surface area contributed by atoms with E-state index in [0.29, 0.717) is 31.1 Å². The van der Waals surface area contributed by atoms with Crippen LogP contribution in [0.4, 0.5) is 16.2 Å². The first-order valence-electron chi connectivity index (χ1n) is 15.6. The Bertz CT molecular complexity index is 1480. The highest BCUT2D eigenvalue weighted by Crippen LogP contribution is 2.38. The molecule has 232 valence electrons. The summed E-state index contributed by atoms with van der Waals surface area (Å²) in [5.41, 5.74) is 4.02. The molecule has 3 amide bonds. The zero-order chi connectivity index (χ0) is 31.3. The summed E-state index contributed by atoms with van der Waals surface area (Å²) in [6, 6.07) is 23.2. The van der Waals surface area contributed by atoms with Crippen molar-refractivity contribution in [2.75, 3.05) is 23.3 Å². The molecule has 7 nitrogen and oxygen atoms in total. The van der Waals surface area contributed by atoms with Gasteiger partial charge in [0.15, 0.2) is 0 Å². The molecule has 1 saturated carbocycles. The molecule has 1 N–H and O–H groups in total. The lowest BCUT2D eigenvalue weighted by atomic mass is 9.83. The second kappa shape index (κ2) is 13.9. The fourth-order valence-electron chi connectivity index (χ4n) is 6.26. The van der Waals surface area contributed by atoms with Crippen molar-refractivity contribution in [3.8, 4) is 0 Å². The second-order valence-corrected chi connectivity index (χ2v) is 13.3. The number of nitrogens with one attached hydrogen (secondary N) is 1. The Balaban J connectivity index is 1.23. The molecule has 8 heteroatoms. The van der Waals surface area contributed by atoms with Crippen LogP contribution < -0.4 is 10.2 Å². The van der Waals surface area contributed by atoms with Crippen molar-refractivity contribution in [3.05, 3.63) is 94.5 Å². The number of urea groups is 1. The Kier molecular flexibility index (Phi) is 9.94. The average molecular weight is 616 g/mol. The smallest absolute Gasteiger partial charge is 0.324 e. The fourth-order valence-corrected chi connectivity index (χ4v) is 6.44. The molecular formula is C36H42ClN3O4. The summed E-state index contributed by atoms with van der Waals surface area (Å²) in [5, 5.41) is 3.77. The number of ether oxygens (including phenoxy) is 1. The molecule has 2 fully saturated rings. The Morgan fingerprint density at radius 1 is 0.955 bits per heavy atom. The summed E-state index contributed by atoms with van der Waals surface area (Å²) < 4.78 is 5.43. The maximum Gasteiger partial charge on any atom is 0.324 e. The van der Waals surface area contributed by atoms with E-state index in [4.69, 9.17) is 16.3 Å². The lowest BCUT2D eigenvalue weighted by molar-refractivity contribution is -0.154. The summed E-state index contributed by atoms with van der Waals surface area (Å²) in [7, 11) is 0. The third kappa shape index (κ3) is 8.20. The molecule has 3 aromatic rings. The number of esters is 1. The highest BCUT2D eigenvalue weighted by atomic mass is 35.5. The van der Waals surface area contributed by atoms with Crippen LogP contribution in [-0.2, 0) is 27.3 Å². The average Bonchev–Trinajstić information content (AvgIpc) is 3.63. The van der Waals surface area contributed by atoms with Gasteiger partial charge >= 0.3 is 12.0 Å². The van der Waals surface area contributed by atoms with Crippen LogP contribution in [0.25, 0.3) is 0 Å². The first-order chi connectivity index (χ1) is 21.1. The Labute approximate surface area is 265 Å². The van der Waals surface area contributed by atoms with E-state index in [1.165, 1.54) is 0 Å². The summed E-state index contributed by atoms with van der Waals surface area (Å²) >= 11 is 6.14. The lowest BCUT2D eigenvalue weighted by Crippen LogP contribution is -2.31. The van der Waals surface area contributed by atoms with E-state index in [1.807, 2.05) is 92.4 Å². The van der Waals surface area contributed by atoms with E-state index in [0.717, 1.165) is 53.7 Å². The monoisotopic (exact) mass is 615 g/mol. The van der Waals surface area contributed by atoms with Gasteiger partial charge in [-0.1, -0.05) is 66.9 Å². The summed E-state index contributed by atoms with van der Waals surface area (Å²) in [6.45, 7) is 7.34. The van der Waals surface area contributed by atoms with Gasteiger partial charge in [0.1, 0.15) is 5.60 Å². The molecule has 0 aromatic heterocycles. The summed E-state index contributed by atoms with van der Waals surface area (Å²) in [6.07, 6.45) is 5.14. The van der Waals surface area contributed by atoms with Crippen molar-refractivity contribution in [3.63, 3.8) is 0 Å². The maximum absolute atomic E-state index is 13.8. The van der Waals surface area contributed by atoms with Crippen molar-refractivity contribution in [2.24, 2.45) is 5.92 Å². The third-order valence-electron chi connectivity index (χ3n) is 8.31. The van der Waals surface area contributed by atoms with Gasteiger partial charge in [-0.15, -0.1) is 0 Å². The first-order valence-corrected chi connectivity index (χ1v) is 16.0.